The number of likely N-dealkylation sites (tertiary alicyclic amines) is 1. The van der Waals surface area contributed by atoms with Gasteiger partial charge in [-0.2, -0.15) is 0 Å². The molecule has 1 aliphatic heterocycles. The van der Waals surface area contributed by atoms with Gasteiger partial charge in [-0.1, -0.05) is 27.7 Å². The summed E-state index contributed by atoms with van der Waals surface area (Å²) in [6, 6.07) is 7.74. The van der Waals surface area contributed by atoms with Gasteiger partial charge in [0.2, 0.25) is 5.91 Å². The highest BCUT2D eigenvalue weighted by atomic mass is 32.1. The van der Waals surface area contributed by atoms with Crippen molar-refractivity contribution in [3.05, 3.63) is 75.0 Å². The fourth-order valence-electron chi connectivity index (χ4n) is 5.57. The first-order valence-electron chi connectivity index (χ1n) is 13.0. The number of nitrogens with two attached hydrogens (primary N) is 2. The van der Waals surface area contributed by atoms with Crippen LogP contribution in [0.5, 0.6) is 0 Å². The van der Waals surface area contributed by atoms with Crippen molar-refractivity contribution in [3.63, 3.8) is 0 Å². The number of rotatable bonds is 9. The molecule has 0 unspecified atom stereocenters. The number of benzene rings is 2. The van der Waals surface area contributed by atoms with E-state index in [1.807, 2.05) is 31.5 Å². The van der Waals surface area contributed by atoms with Gasteiger partial charge in [-0.3, -0.25) is 14.5 Å². The summed E-state index contributed by atoms with van der Waals surface area (Å²) in [5, 5.41) is 3.06. The van der Waals surface area contributed by atoms with E-state index in [0.717, 1.165) is 54.3 Å². The van der Waals surface area contributed by atoms with Crippen LogP contribution in [0, 0.1) is 5.82 Å². The third-order valence-corrected chi connectivity index (χ3v) is 7.96. The number of hydrogen-bond donors (Lipinski definition) is 2. The summed E-state index contributed by atoms with van der Waals surface area (Å²) < 4.78 is 14.7. The van der Waals surface area contributed by atoms with Gasteiger partial charge in [-0.05, 0) is 66.1 Å². The minimum absolute atomic E-state index is 0.0145. The number of piperidine rings is 1. The quantitative estimate of drug-likeness (QED) is 0.373. The Bertz CT molecular complexity index is 1300. The van der Waals surface area contributed by atoms with Gasteiger partial charge >= 0.3 is 0 Å². The van der Waals surface area contributed by atoms with E-state index in [2.05, 4.69) is 28.6 Å². The molecular formula is C29H36FN5O2S. The van der Waals surface area contributed by atoms with Gasteiger partial charge in [0.15, 0.2) is 0 Å². The smallest absolute Gasteiger partial charge is 0.250 e. The van der Waals surface area contributed by atoms with Gasteiger partial charge < -0.3 is 16.4 Å². The predicted octanol–water partition coefficient (Wildman–Crippen LogP) is 5.53. The third kappa shape index (κ3) is 5.73. The summed E-state index contributed by atoms with van der Waals surface area (Å²) in [6.07, 6.45) is 3.41. The van der Waals surface area contributed by atoms with E-state index in [0.29, 0.717) is 11.3 Å². The first-order valence-corrected chi connectivity index (χ1v) is 13.9. The van der Waals surface area contributed by atoms with Crippen molar-refractivity contribution in [3.8, 4) is 0 Å². The van der Waals surface area contributed by atoms with Gasteiger partial charge in [-0.25, -0.2) is 9.37 Å². The SMILES string of the molecule is CC(C)c1c(C(N)=O)ccc(N(c2cc(F)ccc2C(N)=O)C2CCN(Cc3nccs3)CC2)c1C(C)C. The van der Waals surface area contributed by atoms with Crippen molar-refractivity contribution in [2.75, 3.05) is 18.0 Å². The maximum absolute atomic E-state index is 14.7. The number of halogens is 1. The zero-order valence-electron chi connectivity index (χ0n) is 22.4. The van der Waals surface area contributed by atoms with Crippen molar-refractivity contribution in [2.24, 2.45) is 11.5 Å². The Hall–Kier alpha value is -3.30. The topological polar surface area (TPSA) is 106 Å². The molecule has 3 aromatic rings. The monoisotopic (exact) mass is 537 g/mol. The lowest BCUT2D eigenvalue weighted by atomic mass is 9.84. The Labute approximate surface area is 227 Å². The highest BCUT2D eigenvalue weighted by Crippen LogP contribution is 2.43. The van der Waals surface area contributed by atoms with Crippen LogP contribution in [-0.2, 0) is 6.54 Å². The van der Waals surface area contributed by atoms with Crippen molar-refractivity contribution in [2.45, 2.75) is 65.0 Å². The van der Waals surface area contributed by atoms with Crippen LogP contribution < -0.4 is 16.4 Å². The maximum Gasteiger partial charge on any atom is 0.250 e. The first kappa shape index (κ1) is 27.7. The van der Waals surface area contributed by atoms with E-state index in [1.165, 1.54) is 18.2 Å². The minimum atomic E-state index is -0.616. The number of primary amides is 2. The van der Waals surface area contributed by atoms with E-state index in [-0.39, 0.29) is 23.4 Å². The average Bonchev–Trinajstić information content (AvgIpc) is 3.37. The number of nitrogens with zero attached hydrogens (tertiary/aromatic N) is 3. The molecule has 2 aromatic carbocycles. The maximum atomic E-state index is 14.7. The number of amides is 2. The molecule has 9 heteroatoms. The molecule has 1 fully saturated rings. The molecule has 202 valence electrons. The molecule has 0 saturated carbocycles. The number of hydrogen-bond acceptors (Lipinski definition) is 6. The Balaban J connectivity index is 1.85. The van der Waals surface area contributed by atoms with Gasteiger partial charge in [0, 0.05) is 42.0 Å². The van der Waals surface area contributed by atoms with Crippen molar-refractivity contribution >= 4 is 34.5 Å². The summed E-state index contributed by atoms with van der Waals surface area (Å²) in [6.45, 7) is 10.7. The summed E-state index contributed by atoms with van der Waals surface area (Å²) in [4.78, 5) is 33.8. The predicted molar refractivity (Wildman–Crippen MR) is 151 cm³/mol. The molecule has 4 N–H and O–H groups in total. The van der Waals surface area contributed by atoms with Gasteiger partial charge in [0.25, 0.3) is 5.91 Å². The van der Waals surface area contributed by atoms with Crippen LogP contribution in [0.25, 0.3) is 0 Å². The van der Waals surface area contributed by atoms with E-state index in [9.17, 15) is 14.0 Å². The number of anilines is 2. The average molecular weight is 538 g/mol. The summed E-state index contributed by atoms with van der Waals surface area (Å²) in [5.74, 6) is -1.47. The molecule has 4 rings (SSSR count). The molecule has 2 amide bonds. The molecule has 1 saturated heterocycles. The molecule has 1 aromatic heterocycles. The highest BCUT2D eigenvalue weighted by Gasteiger charge is 2.32. The number of carbonyl (C=O) groups excluding carboxylic acids is 2. The lowest BCUT2D eigenvalue weighted by Gasteiger charge is -2.42. The second kappa shape index (κ2) is 11.6. The first-order chi connectivity index (χ1) is 18.1. The molecule has 0 spiro atoms. The van der Waals surface area contributed by atoms with Crippen LogP contribution in [-0.4, -0.2) is 40.8 Å². The van der Waals surface area contributed by atoms with Crippen LogP contribution in [0.1, 0.15) is 89.2 Å². The van der Waals surface area contributed by atoms with Crippen molar-refractivity contribution in [1.82, 2.24) is 9.88 Å². The third-order valence-electron chi connectivity index (χ3n) is 7.19. The van der Waals surface area contributed by atoms with Crippen molar-refractivity contribution < 1.29 is 14.0 Å². The van der Waals surface area contributed by atoms with Crippen LogP contribution in [0.15, 0.2) is 41.9 Å². The molecule has 0 atom stereocenters. The van der Waals surface area contributed by atoms with E-state index in [1.54, 1.807) is 17.4 Å². The number of carbonyl (C=O) groups is 2. The molecule has 7 nitrogen and oxygen atoms in total. The molecule has 1 aliphatic rings. The summed E-state index contributed by atoms with van der Waals surface area (Å²) in [7, 11) is 0. The fourth-order valence-corrected chi connectivity index (χ4v) is 6.23. The summed E-state index contributed by atoms with van der Waals surface area (Å²) in [5.41, 5.74) is 15.5. The molecule has 38 heavy (non-hydrogen) atoms. The minimum Gasteiger partial charge on any atom is -0.366 e. The Morgan fingerprint density at radius 3 is 2.18 bits per heavy atom. The Morgan fingerprint density at radius 1 is 1.00 bits per heavy atom. The zero-order valence-corrected chi connectivity index (χ0v) is 23.2. The van der Waals surface area contributed by atoms with E-state index in [4.69, 9.17) is 11.5 Å². The molecular weight excluding hydrogens is 501 g/mol. The Morgan fingerprint density at radius 2 is 1.63 bits per heavy atom. The molecule has 0 radical (unpaired) electrons. The second-order valence-electron chi connectivity index (χ2n) is 10.5. The lowest BCUT2D eigenvalue weighted by molar-refractivity contribution is 0.0991. The number of aromatic nitrogens is 1. The highest BCUT2D eigenvalue weighted by molar-refractivity contribution is 7.09. The normalized spacial score (nSPS) is 14.8. The second-order valence-corrected chi connectivity index (χ2v) is 11.4. The van der Waals surface area contributed by atoms with E-state index >= 15 is 0 Å². The van der Waals surface area contributed by atoms with Gasteiger partial charge in [-0.15, -0.1) is 11.3 Å². The fraction of sp³-hybridized carbons (Fsp3) is 0.414. The zero-order chi connectivity index (χ0) is 27.6. The van der Waals surface area contributed by atoms with Crippen molar-refractivity contribution in [1.29, 1.82) is 0 Å². The standard InChI is InChI=1S/C29H36FN5O2S/c1-17(2)26-22(29(32)37)7-8-23(27(26)18(3)4)35(24-15-19(30)5-6-21(24)28(31)36)20-9-12-34(13-10-20)16-25-33-11-14-38-25/h5-8,11,14-15,17-18,20H,9-10,12-13,16H2,1-4H3,(H2,31,36)(H2,32,37). The summed E-state index contributed by atoms with van der Waals surface area (Å²) >= 11 is 1.64. The molecule has 2 heterocycles. The van der Waals surface area contributed by atoms with E-state index < -0.39 is 17.6 Å². The van der Waals surface area contributed by atoms with Crippen LogP contribution in [0.2, 0.25) is 0 Å². The lowest BCUT2D eigenvalue weighted by Crippen LogP contribution is -2.44. The van der Waals surface area contributed by atoms with Crippen LogP contribution in [0.4, 0.5) is 15.8 Å². The van der Waals surface area contributed by atoms with Gasteiger partial charge in [0.05, 0.1) is 17.8 Å². The largest absolute Gasteiger partial charge is 0.366 e. The van der Waals surface area contributed by atoms with Crippen LogP contribution >= 0.6 is 11.3 Å². The molecule has 0 bridgehead atoms. The van der Waals surface area contributed by atoms with Gasteiger partial charge in [0.1, 0.15) is 10.8 Å². The van der Waals surface area contributed by atoms with Crippen LogP contribution in [0.3, 0.4) is 0 Å². The Kier molecular flexibility index (Phi) is 8.47. The number of thiazole rings is 1. The molecule has 0 aliphatic carbocycles.